The lowest BCUT2D eigenvalue weighted by Crippen LogP contribution is -2.42. The van der Waals surface area contributed by atoms with Gasteiger partial charge in [-0.25, -0.2) is 8.42 Å². The summed E-state index contributed by atoms with van der Waals surface area (Å²) in [7, 11) is -1.41. The quantitative estimate of drug-likeness (QED) is 0.590. The summed E-state index contributed by atoms with van der Waals surface area (Å²) in [5.74, 6) is 1.72. The Morgan fingerprint density at radius 1 is 1.24 bits per heavy atom. The van der Waals surface area contributed by atoms with E-state index < -0.39 is 15.9 Å². The van der Waals surface area contributed by atoms with Crippen molar-refractivity contribution in [3.8, 4) is 11.5 Å². The van der Waals surface area contributed by atoms with E-state index >= 15 is 0 Å². The zero-order chi connectivity index (χ0) is 20.9. The number of aliphatic hydroxyl groups excluding tert-OH is 1. The van der Waals surface area contributed by atoms with E-state index in [1.54, 1.807) is 7.11 Å². The highest BCUT2D eigenvalue weighted by atomic mass is 79.9. The number of ether oxygens (including phenoxy) is 2. The Bertz CT molecular complexity index is 921. The minimum Gasteiger partial charge on any atom is -0.497 e. The number of para-hydroxylation sites is 1. The molecule has 0 saturated carbocycles. The summed E-state index contributed by atoms with van der Waals surface area (Å²) >= 11 is 3.43. The van der Waals surface area contributed by atoms with Crippen molar-refractivity contribution in [1.29, 1.82) is 0 Å². The fourth-order valence-corrected chi connectivity index (χ4v) is 5.64. The highest BCUT2D eigenvalue weighted by molar-refractivity contribution is 9.10. The summed E-state index contributed by atoms with van der Waals surface area (Å²) in [6.07, 6.45) is -0.180. The molecule has 0 bridgehead atoms. The molecule has 2 aromatic rings. The summed E-state index contributed by atoms with van der Waals surface area (Å²) < 4.78 is 35.8. The Morgan fingerprint density at radius 2 is 2.03 bits per heavy atom. The predicted octanol–water partition coefficient (Wildman–Crippen LogP) is 2.89. The van der Waals surface area contributed by atoms with Crippen LogP contribution < -0.4 is 9.47 Å². The Labute approximate surface area is 180 Å². The van der Waals surface area contributed by atoms with Crippen LogP contribution in [0.25, 0.3) is 0 Å². The van der Waals surface area contributed by atoms with Crippen molar-refractivity contribution in [2.45, 2.75) is 25.1 Å². The first-order chi connectivity index (χ1) is 13.9. The molecule has 0 aliphatic carbocycles. The van der Waals surface area contributed by atoms with Crippen molar-refractivity contribution in [1.82, 2.24) is 4.90 Å². The normalized spacial score (nSPS) is 19.2. The van der Waals surface area contributed by atoms with Gasteiger partial charge in [-0.1, -0.05) is 24.3 Å². The van der Waals surface area contributed by atoms with E-state index in [2.05, 4.69) is 15.9 Å². The molecular weight excluding hydrogens is 458 g/mol. The maximum atomic E-state index is 12.0. The third-order valence-corrected chi connectivity index (χ3v) is 7.36. The van der Waals surface area contributed by atoms with Gasteiger partial charge < -0.3 is 14.6 Å². The van der Waals surface area contributed by atoms with Crippen LogP contribution in [-0.4, -0.2) is 62.3 Å². The summed E-state index contributed by atoms with van der Waals surface area (Å²) in [4.78, 5) is 2.04. The van der Waals surface area contributed by atoms with Gasteiger partial charge in [0.05, 0.1) is 23.1 Å². The van der Waals surface area contributed by atoms with Gasteiger partial charge in [0.1, 0.15) is 24.2 Å². The first-order valence-corrected chi connectivity index (χ1v) is 12.1. The number of hydrogen-bond acceptors (Lipinski definition) is 6. The van der Waals surface area contributed by atoms with E-state index in [9.17, 15) is 13.5 Å². The van der Waals surface area contributed by atoms with Crippen molar-refractivity contribution in [3.63, 3.8) is 0 Å². The molecule has 1 aliphatic heterocycles. The summed E-state index contributed by atoms with van der Waals surface area (Å²) in [5.41, 5.74) is 1.01. The summed E-state index contributed by atoms with van der Waals surface area (Å²) in [6, 6.07) is 15.0. The van der Waals surface area contributed by atoms with Crippen LogP contribution in [0.3, 0.4) is 0 Å². The van der Waals surface area contributed by atoms with Crippen LogP contribution in [-0.2, 0) is 16.4 Å². The summed E-state index contributed by atoms with van der Waals surface area (Å²) in [6.45, 7) is 0.974. The molecule has 8 heteroatoms. The number of aliphatic hydroxyl groups is 1. The van der Waals surface area contributed by atoms with Gasteiger partial charge in [-0.3, -0.25) is 4.90 Å². The van der Waals surface area contributed by atoms with Crippen LogP contribution >= 0.6 is 15.9 Å². The molecule has 1 saturated heterocycles. The maximum absolute atomic E-state index is 12.0. The molecule has 0 aromatic heterocycles. The highest BCUT2D eigenvalue weighted by Gasteiger charge is 2.33. The van der Waals surface area contributed by atoms with E-state index in [0.29, 0.717) is 25.3 Å². The van der Waals surface area contributed by atoms with E-state index in [4.69, 9.17) is 9.47 Å². The van der Waals surface area contributed by atoms with Crippen LogP contribution in [0.2, 0.25) is 0 Å². The molecule has 158 valence electrons. The predicted molar refractivity (Wildman–Crippen MR) is 116 cm³/mol. The fraction of sp³-hybridized carbons (Fsp3) is 0.429. The topological polar surface area (TPSA) is 76.1 Å². The Kier molecular flexibility index (Phi) is 7.56. The maximum Gasteiger partial charge on any atom is 0.151 e. The second-order valence-corrected chi connectivity index (χ2v) is 10.3. The van der Waals surface area contributed by atoms with Gasteiger partial charge >= 0.3 is 0 Å². The molecular formula is C21H26BrNO5S. The lowest BCUT2D eigenvalue weighted by atomic mass is 10.1. The van der Waals surface area contributed by atoms with Gasteiger partial charge in [-0.2, -0.15) is 0 Å². The number of rotatable bonds is 9. The minimum absolute atomic E-state index is 0.120. The third kappa shape index (κ3) is 6.44. The third-order valence-electron chi connectivity index (χ3n) is 4.96. The zero-order valence-electron chi connectivity index (χ0n) is 16.3. The minimum atomic E-state index is -3.03. The van der Waals surface area contributed by atoms with Crippen LogP contribution in [0.1, 0.15) is 12.0 Å². The van der Waals surface area contributed by atoms with Gasteiger partial charge in [0.25, 0.3) is 0 Å². The van der Waals surface area contributed by atoms with Gasteiger partial charge in [0, 0.05) is 19.1 Å². The van der Waals surface area contributed by atoms with E-state index in [0.717, 1.165) is 15.8 Å². The van der Waals surface area contributed by atoms with Crippen LogP contribution in [0.4, 0.5) is 0 Å². The number of halogens is 1. The average molecular weight is 484 g/mol. The van der Waals surface area contributed by atoms with E-state index in [-0.39, 0.29) is 24.2 Å². The van der Waals surface area contributed by atoms with Crippen LogP contribution in [0, 0.1) is 0 Å². The first-order valence-electron chi connectivity index (χ1n) is 9.49. The Morgan fingerprint density at radius 3 is 2.72 bits per heavy atom. The molecule has 0 amide bonds. The first kappa shape index (κ1) is 22.1. The number of methoxy groups -OCH3 is 1. The van der Waals surface area contributed by atoms with Gasteiger partial charge in [-0.05, 0) is 52.2 Å². The van der Waals surface area contributed by atoms with Crippen LogP contribution in [0.5, 0.6) is 11.5 Å². The summed E-state index contributed by atoms with van der Waals surface area (Å²) in [5, 5.41) is 10.6. The van der Waals surface area contributed by atoms with Crippen molar-refractivity contribution >= 4 is 25.8 Å². The Balaban J connectivity index is 1.68. The van der Waals surface area contributed by atoms with Crippen LogP contribution in [0.15, 0.2) is 53.0 Å². The largest absolute Gasteiger partial charge is 0.497 e. The number of benzene rings is 2. The smallest absolute Gasteiger partial charge is 0.151 e. The molecule has 2 unspecified atom stereocenters. The number of sulfone groups is 1. The van der Waals surface area contributed by atoms with Gasteiger partial charge in [-0.15, -0.1) is 0 Å². The lowest BCUT2D eigenvalue weighted by molar-refractivity contribution is 0.0522. The SMILES string of the molecule is COc1cccc(CN(CC(O)COc2ccccc2Br)C2CCS(=O)(=O)C2)c1. The second kappa shape index (κ2) is 9.93. The number of nitrogens with zero attached hydrogens (tertiary/aromatic N) is 1. The van der Waals surface area contributed by atoms with E-state index in [1.165, 1.54) is 0 Å². The molecule has 1 aliphatic rings. The monoisotopic (exact) mass is 483 g/mol. The number of hydrogen-bond donors (Lipinski definition) is 1. The fourth-order valence-electron chi connectivity index (χ4n) is 3.48. The highest BCUT2D eigenvalue weighted by Crippen LogP contribution is 2.25. The lowest BCUT2D eigenvalue weighted by Gasteiger charge is -2.30. The van der Waals surface area contributed by atoms with Gasteiger partial charge in [0.15, 0.2) is 9.84 Å². The molecule has 0 radical (unpaired) electrons. The van der Waals surface area contributed by atoms with Crippen molar-refractivity contribution in [2.75, 3.05) is 31.8 Å². The molecule has 0 spiro atoms. The molecule has 2 aromatic carbocycles. The van der Waals surface area contributed by atoms with E-state index in [1.807, 2.05) is 53.4 Å². The molecule has 3 rings (SSSR count). The Hall–Kier alpha value is -1.61. The van der Waals surface area contributed by atoms with Crippen molar-refractivity contribution in [2.24, 2.45) is 0 Å². The second-order valence-electron chi connectivity index (χ2n) is 7.23. The molecule has 1 heterocycles. The average Bonchev–Trinajstić information content (AvgIpc) is 3.07. The zero-order valence-corrected chi connectivity index (χ0v) is 18.7. The van der Waals surface area contributed by atoms with Crippen molar-refractivity contribution < 1.29 is 23.0 Å². The molecule has 1 fully saturated rings. The molecule has 6 nitrogen and oxygen atoms in total. The standard InChI is InChI=1S/C21H26BrNO5S/c1-27-19-6-4-5-16(11-19)12-23(17-9-10-29(25,26)15-17)13-18(24)14-28-21-8-3-2-7-20(21)22/h2-8,11,17-18,24H,9-10,12-15H2,1H3. The van der Waals surface area contributed by atoms with Crippen molar-refractivity contribution in [3.05, 3.63) is 58.6 Å². The van der Waals surface area contributed by atoms with Gasteiger partial charge in [0.2, 0.25) is 0 Å². The molecule has 2 atom stereocenters. The molecule has 29 heavy (non-hydrogen) atoms. The molecule has 1 N–H and O–H groups in total.